The predicted octanol–water partition coefficient (Wildman–Crippen LogP) is 2.27. The van der Waals surface area contributed by atoms with Crippen LogP contribution in [0.3, 0.4) is 0 Å². The molecular formula is C22H19N3O3. The molecule has 0 amide bonds. The van der Waals surface area contributed by atoms with Gasteiger partial charge >= 0.3 is 0 Å². The maximum absolute atomic E-state index is 13.0. The number of rotatable bonds is 0. The van der Waals surface area contributed by atoms with Crippen molar-refractivity contribution in [3.63, 3.8) is 0 Å². The van der Waals surface area contributed by atoms with E-state index >= 15 is 0 Å². The van der Waals surface area contributed by atoms with Crippen LogP contribution in [0.15, 0.2) is 47.5 Å². The molecule has 2 aliphatic rings. The van der Waals surface area contributed by atoms with E-state index in [4.69, 9.17) is 14.5 Å². The molecule has 1 saturated heterocycles. The van der Waals surface area contributed by atoms with Crippen LogP contribution in [0, 0.1) is 11.8 Å². The Morgan fingerprint density at radius 2 is 1.79 bits per heavy atom. The summed E-state index contributed by atoms with van der Waals surface area (Å²) >= 11 is 0. The lowest BCUT2D eigenvalue weighted by Gasteiger charge is -2.24. The molecule has 140 valence electrons. The standard InChI is InChI=1S/C22H19N3O3/c26-21-18-4-3-17(2-1-16-6-10-23-11-7-16)15-19(18)24-20-5-8-22(9-12-25(20)21)27-13-14-28-22/h3-4,6-7,10-11,15H,5,8-9,12-14H2. The van der Waals surface area contributed by atoms with Crippen molar-refractivity contribution in [2.75, 3.05) is 13.2 Å². The van der Waals surface area contributed by atoms with Crippen LogP contribution < -0.4 is 5.56 Å². The summed E-state index contributed by atoms with van der Waals surface area (Å²) in [6.07, 6.45) is 5.46. The van der Waals surface area contributed by atoms with Crippen molar-refractivity contribution in [2.24, 2.45) is 0 Å². The summed E-state index contributed by atoms with van der Waals surface area (Å²) in [4.78, 5) is 21.8. The van der Waals surface area contributed by atoms with E-state index in [1.54, 1.807) is 17.0 Å². The number of pyridine rings is 1. The van der Waals surface area contributed by atoms with Gasteiger partial charge in [-0.15, -0.1) is 0 Å². The normalized spacial score (nSPS) is 17.7. The second-order valence-corrected chi connectivity index (χ2v) is 7.06. The minimum atomic E-state index is -0.562. The first kappa shape index (κ1) is 17.1. The average Bonchev–Trinajstić information content (AvgIpc) is 3.11. The summed E-state index contributed by atoms with van der Waals surface area (Å²) in [7, 11) is 0. The fourth-order valence-corrected chi connectivity index (χ4v) is 3.84. The second kappa shape index (κ2) is 6.86. The van der Waals surface area contributed by atoms with Crippen LogP contribution in [0.4, 0.5) is 0 Å². The van der Waals surface area contributed by atoms with Crippen LogP contribution in [0.5, 0.6) is 0 Å². The molecule has 6 heteroatoms. The van der Waals surface area contributed by atoms with Gasteiger partial charge in [0.1, 0.15) is 5.82 Å². The second-order valence-electron chi connectivity index (χ2n) is 7.06. The molecule has 0 atom stereocenters. The average molecular weight is 373 g/mol. The minimum absolute atomic E-state index is 0.0105. The third-order valence-electron chi connectivity index (χ3n) is 5.33. The highest BCUT2D eigenvalue weighted by Crippen LogP contribution is 2.31. The molecular weight excluding hydrogens is 354 g/mol. The monoisotopic (exact) mass is 373 g/mol. The van der Waals surface area contributed by atoms with E-state index in [9.17, 15) is 4.79 Å². The Morgan fingerprint density at radius 1 is 1.00 bits per heavy atom. The third-order valence-corrected chi connectivity index (χ3v) is 5.33. The molecule has 0 unspecified atom stereocenters. The first-order chi connectivity index (χ1) is 13.7. The van der Waals surface area contributed by atoms with Gasteiger partial charge in [-0.1, -0.05) is 11.8 Å². The first-order valence-corrected chi connectivity index (χ1v) is 9.46. The van der Waals surface area contributed by atoms with Crippen LogP contribution in [-0.2, 0) is 22.4 Å². The number of aromatic nitrogens is 3. The summed E-state index contributed by atoms with van der Waals surface area (Å²) in [5, 5.41) is 0.613. The molecule has 1 aromatic carbocycles. The third kappa shape index (κ3) is 3.09. The van der Waals surface area contributed by atoms with Gasteiger partial charge in [-0.3, -0.25) is 14.3 Å². The molecule has 1 fully saturated rings. The fraction of sp³-hybridized carbons (Fsp3) is 0.318. The van der Waals surface area contributed by atoms with Gasteiger partial charge in [-0.2, -0.15) is 0 Å². The van der Waals surface area contributed by atoms with Crippen molar-refractivity contribution in [2.45, 2.75) is 31.6 Å². The number of ether oxygens (including phenoxy) is 2. The molecule has 0 saturated carbocycles. The molecule has 0 N–H and O–H groups in total. The van der Waals surface area contributed by atoms with Crippen molar-refractivity contribution in [3.8, 4) is 11.8 Å². The van der Waals surface area contributed by atoms with Gasteiger partial charge in [0.2, 0.25) is 0 Å². The summed E-state index contributed by atoms with van der Waals surface area (Å²) in [5.41, 5.74) is 2.39. The molecule has 2 aromatic heterocycles. The van der Waals surface area contributed by atoms with Gasteiger partial charge in [0.15, 0.2) is 5.79 Å². The summed E-state index contributed by atoms with van der Waals surface area (Å²) in [5.74, 6) is 6.47. The van der Waals surface area contributed by atoms with Gasteiger partial charge < -0.3 is 9.47 Å². The number of fused-ring (bicyclic) bond motifs is 2. The molecule has 0 aliphatic carbocycles. The topological polar surface area (TPSA) is 66.2 Å². The van der Waals surface area contributed by atoms with E-state index in [1.165, 1.54) is 0 Å². The highest BCUT2D eigenvalue weighted by molar-refractivity contribution is 5.79. The zero-order valence-corrected chi connectivity index (χ0v) is 15.4. The van der Waals surface area contributed by atoms with Crippen LogP contribution in [-0.4, -0.2) is 33.5 Å². The van der Waals surface area contributed by atoms with E-state index in [2.05, 4.69) is 16.8 Å². The Hall–Kier alpha value is -3.01. The molecule has 4 heterocycles. The van der Waals surface area contributed by atoms with E-state index < -0.39 is 5.79 Å². The molecule has 6 nitrogen and oxygen atoms in total. The molecule has 0 bridgehead atoms. The van der Waals surface area contributed by atoms with Gasteiger partial charge in [0, 0.05) is 49.3 Å². The highest BCUT2D eigenvalue weighted by Gasteiger charge is 2.38. The highest BCUT2D eigenvalue weighted by atomic mass is 16.7. The fourth-order valence-electron chi connectivity index (χ4n) is 3.84. The van der Waals surface area contributed by atoms with Gasteiger partial charge in [-0.05, 0) is 30.3 Å². The largest absolute Gasteiger partial charge is 0.347 e. The smallest absolute Gasteiger partial charge is 0.261 e. The maximum Gasteiger partial charge on any atom is 0.261 e. The first-order valence-electron chi connectivity index (χ1n) is 9.46. The van der Waals surface area contributed by atoms with E-state index in [0.717, 1.165) is 17.0 Å². The maximum atomic E-state index is 13.0. The van der Waals surface area contributed by atoms with E-state index in [-0.39, 0.29) is 5.56 Å². The Bertz CT molecular complexity index is 1150. The lowest BCUT2D eigenvalue weighted by atomic mass is 10.1. The Morgan fingerprint density at radius 3 is 2.61 bits per heavy atom. The number of aryl methyl sites for hydroxylation is 1. The van der Waals surface area contributed by atoms with Crippen LogP contribution in [0.25, 0.3) is 10.9 Å². The number of nitrogens with zero attached hydrogens (tertiary/aromatic N) is 3. The van der Waals surface area contributed by atoms with Gasteiger partial charge in [0.05, 0.1) is 24.1 Å². The lowest BCUT2D eigenvalue weighted by molar-refractivity contribution is -0.165. The summed E-state index contributed by atoms with van der Waals surface area (Å²) < 4.78 is 13.4. The zero-order valence-electron chi connectivity index (χ0n) is 15.4. The molecule has 0 radical (unpaired) electrons. The van der Waals surface area contributed by atoms with Gasteiger partial charge in [-0.25, -0.2) is 4.98 Å². The van der Waals surface area contributed by atoms with Crippen LogP contribution >= 0.6 is 0 Å². The number of hydrogen-bond acceptors (Lipinski definition) is 5. The van der Waals surface area contributed by atoms with Gasteiger partial charge in [0.25, 0.3) is 5.56 Å². The number of benzene rings is 1. The molecule has 1 spiro atoms. The molecule has 2 aliphatic heterocycles. The Balaban J connectivity index is 1.52. The molecule has 5 rings (SSSR count). The van der Waals surface area contributed by atoms with Crippen LogP contribution in [0.1, 0.15) is 29.8 Å². The summed E-state index contributed by atoms with van der Waals surface area (Å²) in [6.45, 7) is 1.78. The van der Waals surface area contributed by atoms with Crippen molar-refractivity contribution in [3.05, 3.63) is 70.0 Å². The Kier molecular flexibility index (Phi) is 4.19. The van der Waals surface area contributed by atoms with Crippen molar-refractivity contribution in [1.82, 2.24) is 14.5 Å². The van der Waals surface area contributed by atoms with Crippen molar-refractivity contribution in [1.29, 1.82) is 0 Å². The SMILES string of the molecule is O=c1c2ccc(C#Cc3ccncc3)cc2nc2n1CCC1(CC2)OCCO1. The minimum Gasteiger partial charge on any atom is -0.347 e. The van der Waals surface area contributed by atoms with Crippen LogP contribution in [0.2, 0.25) is 0 Å². The Labute approximate surface area is 162 Å². The quantitative estimate of drug-likeness (QED) is 0.566. The molecule has 28 heavy (non-hydrogen) atoms. The predicted molar refractivity (Wildman–Crippen MR) is 104 cm³/mol. The zero-order chi connectivity index (χ0) is 19.0. The summed E-state index contributed by atoms with van der Waals surface area (Å²) in [6, 6.07) is 9.30. The molecule has 3 aromatic rings. The van der Waals surface area contributed by atoms with Crippen molar-refractivity contribution < 1.29 is 9.47 Å². The van der Waals surface area contributed by atoms with E-state index in [0.29, 0.717) is 49.9 Å². The lowest BCUT2D eigenvalue weighted by Crippen LogP contribution is -2.31. The number of hydrogen-bond donors (Lipinski definition) is 0. The van der Waals surface area contributed by atoms with E-state index in [1.807, 2.05) is 30.3 Å². The van der Waals surface area contributed by atoms with Crippen molar-refractivity contribution >= 4 is 10.9 Å².